The number of hydrogen-bond acceptors (Lipinski definition) is 2. The number of amides is 1. The molecule has 0 radical (unpaired) electrons. The first-order valence-electron chi connectivity index (χ1n) is 7.90. The van der Waals surface area contributed by atoms with E-state index in [2.05, 4.69) is 15.9 Å². The van der Waals surface area contributed by atoms with Crippen LogP contribution in [0.1, 0.15) is 37.4 Å². The van der Waals surface area contributed by atoms with Crippen LogP contribution < -0.4 is 0 Å². The quantitative estimate of drug-likeness (QED) is 0.699. The summed E-state index contributed by atoms with van der Waals surface area (Å²) >= 11 is 3.42. The number of cyclic esters (lactones) is 1. The van der Waals surface area contributed by atoms with Gasteiger partial charge in [0.2, 0.25) is 0 Å². The third-order valence-corrected chi connectivity index (χ3v) is 5.18. The number of carbonyl (C=O) groups is 1. The van der Waals surface area contributed by atoms with Gasteiger partial charge in [-0.05, 0) is 49.2 Å². The Kier molecular flexibility index (Phi) is 4.63. The predicted molar refractivity (Wildman–Crippen MR) is 94.1 cm³/mol. The smallest absolute Gasteiger partial charge is 0.411 e. The van der Waals surface area contributed by atoms with E-state index in [-0.39, 0.29) is 18.0 Å². The summed E-state index contributed by atoms with van der Waals surface area (Å²) in [4.78, 5) is 14.3. The second-order valence-corrected chi connectivity index (χ2v) is 7.19. The molecule has 2 aromatic rings. The topological polar surface area (TPSA) is 29.5 Å². The highest BCUT2D eigenvalue weighted by atomic mass is 79.9. The number of benzene rings is 2. The van der Waals surface area contributed by atoms with E-state index in [1.54, 1.807) is 17.0 Å². The molecule has 3 rings (SSSR count). The van der Waals surface area contributed by atoms with Crippen LogP contribution in [0.2, 0.25) is 0 Å². The number of hydrogen-bond donors (Lipinski definition) is 0. The first-order chi connectivity index (χ1) is 11.4. The van der Waals surface area contributed by atoms with Gasteiger partial charge in [-0.1, -0.05) is 40.2 Å². The summed E-state index contributed by atoms with van der Waals surface area (Å²) in [5, 5.41) is 0. The monoisotopic (exact) mass is 391 g/mol. The van der Waals surface area contributed by atoms with Gasteiger partial charge < -0.3 is 9.64 Å². The fourth-order valence-electron chi connectivity index (χ4n) is 3.01. The second-order valence-electron chi connectivity index (χ2n) is 6.28. The summed E-state index contributed by atoms with van der Waals surface area (Å²) in [5.41, 5.74) is 1.15. The van der Waals surface area contributed by atoms with Crippen LogP contribution in [0.5, 0.6) is 0 Å². The van der Waals surface area contributed by atoms with Gasteiger partial charge in [0.25, 0.3) is 0 Å². The zero-order chi connectivity index (χ0) is 17.3. The Labute approximate surface area is 149 Å². The highest BCUT2D eigenvalue weighted by Crippen LogP contribution is 2.36. The summed E-state index contributed by atoms with van der Waals surface area (Å²) < 4.78 is 19.9. The highest BCUT2D eigenvalue weighted by Gasteiger charge is 2.39. The normalized spacial score (nSPS) is 22.2. The molecule has 5 heteroatoms. The highest BCUT2D eigenvalue weighted by molar-refractivity contribution is 9.10. The van der Waals surface area contributed by atoms with Gasteiger partial charge in [-0.3, -0.25) is 0 Å². The van der Waals surface area contributed by atoms with Gasteiger partial charge in [0.1, 0.15) is 11.4 Å². The molecule has 3 nitrogen and oxygen atoms in total. The summed E-state index contributed by atoms with van der Waals surface area (Å²) in [6.45, 7) is 4.45. The van der Waals surface area contributed by atoms with Crippen molar-refractivity contribution in [1.82, 2.24) is 4.90 Å². The van der Waals surface area contributed by atoms with Gasteiger partial charge in [0, 0.05) is 17.4 Å². The van der Waals surface area contributed by atoms with Crippen LogP contribution in [0, 0.1) is 5.82 Å². The Morgan fingerprint density at radius 2 is 1.79 bits per heavy atom. The molecule has 1 unspecified atom stereocenters. The number of halogens is 2. The molecular weight excluding hydrogens is 373 g/mol. The van der Waals surface area contributed by atoms with Crippen LogP contribution in [0.25, 0.3) is 0 Å². The lowest BCUT2D eigenvalue weighted by molar-refractivity contribution is -0.0491. The van der Waals surface area contributed by atoms with E-state index >= 15 is 0 Å². The minimum atomic E-state index is -0.722. The van der Waals surface area contributed by atoms with Crippen molar-refractivity contribution >= 4 is 22.0 Å². The predicted octanol–water partition coefficient (Wildman–Crippen LogP) is 5.41. The van der Waals surface area contributed by atoms with E-state index in [4.69, 9.17) is 4.74 Å². The zero-order valence-electron chi connectivity index (χ0n) is 13.6. The molecule has 0 spiro atoms. The average Bonchev–Trinajstić information content (AvgIpc) is 2.55. The molecular formula is C19H19BrFNO2. The van der Waals surface area contributed by atoms with Crippen molar-refractivity contribution in [3.63, 3.8) is 0 Å². The van der Waals surface area contributed by atoms with E-state index in [1.807, 2.05) is 38.1 Å². The van der Waals surface area contributed by atoms with E-state index in [0.717, 1.165) is 15.6 Å². The molecule has 2 aromatic carbocycles. The van der Waals surface area contributed by atoms with Gasteiger partial charge in [0.05, 0.1) is 6.04 Å². The summed E-state index contributed by atoms with van der Waals surface area (Å²) in [6, 6.07) is 14.0. The number of nitrogens with zero attached hydrogens (tertiary/aromatic N) is 1. The Hall–Kier alpha value is -1.88. The maximum Gasteiger partial charge on any atom is 0.411 e. The maximum atomic E-state index is 13.1. The van der Waals surface area contributed by atoms with E-state index < -0.39 is 5.60 Å². The van der Waals surface area contributed by atoms with Crippen LogP contribution in [-0.2, 0) is 10.3 Å². The van der Waals surface area contributed by atoms with Crippen molar-refractivity contribution < 1.29 is 13.9 Å². The lowest BCUT2D eigenvalue weighted by atomic mass is 9.90. The minimum absolute atomic E-state index is 0.0663. The van der Waals surface area contributed by atoms with Crippen molar-refractivity contribution in [2.75, 3.05) is 6.54 Å². The second kappa shape index (κ2) is 6.55. The molecule has 0 N–H and O–H groups in total. The Bertz CT molecular complexity index is 732. The van der Waals surface area contributed by atoms with E-state index in [9.17, 15) is 9.18 Å². The fourth-order valence-corrected chi connectivity index (χ4v) is 3.27. The average molecular weight is 392 g/mol. The molecule has 0 aliphatic carbocycles. The molecule has 1 fully saturated rings. The number of carbonyl (C=O) groups excluding carboxylic acids is 1. The van der Waals surface area contributed by atoms with E-state index in [1.165, 1.54) is 12.1 Å². The summed E-state index contributed by atoms with van der Waals surface area (Å²) in [7, 11) is 0. The van der Waals surface area contributed by atoms with E-state index in [0.29, 0.717) is 13.0 Å². The fraction of sp³-hybridized carbons (Fsp3) is 0.316. The lowest BCUT2D eigenvalue weighted by Crippen LogP contribution is -2.47. The van der Waals surface area contributed by atoms with Crippen molar-refractivity contribution in [1.29, 1.82) is 0 Å². The summed E-state index contributed by atoms with van der Waals surface area (Å²) in [6.07, 6.45) is 0.314. The van der Waals surface area contributed by atoms with Gasteiger partial charge in [-0.2, -0.15) is 0 Å². The molecule has 1 aliphatic heterocycles. The van der Waals surface area contributed by atoms with Gasteiger partial charge in [-0.25, -0.2) is 9.18 Å². The van der Waals surface area contributed by atoms with Crippen molar-refractivity contribution in [3.8, 4) is 0 Å². The van der Waals surface area contributed by atoms with Crippen LogP contribution in [-0.4, -0.2) is 17.5 Å². The molecule has 0 aromatic heterocycles. The van der Waals surface area contributed by atoms with Gasteiger partial charge in [0.15, 0.2) is 0 Å². The Morgan fingerprint density at radius 1 is 1.17 bits per heavy atom. The molecule has 1 saturated heterocycles. The molecule has 2 atom stereocenters. The molecule has 126 valence electrons. The van der Waals surface area contributed by atoms with Crippen LogP contribution in [0.4, 0.5) is 9.18 Å². The molecule has 1 heterocycles. The number of ether oxygens (including phenoxy) is 1. The third kappa shape index (κ3) is 3.31. The van der Waals surface area contributed by atoms with Gasteiger partial charge >= 0.3 is 6.09 Å². The first-order valence-corrected chi connectivity index (χ1v) is 8.69. The zero-order valence-corrected chi connectivity index (χ0v) is 15.2. The summed E-state index contributed by atoms with van der Waals surface area (Å²) in [5.74, 6) is -0.296. The lowest BCUT2D eigenvalue weighted by Gasteiger charge is -2.41. The van der Waals surface area contributed by atoms with Crippen molar-refractivity contribution in [2.24, 2.45) is 0 Å². The minimum Gasteiger partial charge on any atom is -0.438 e. The van der Waals surface area contributed by atoms with Crippen LogP contribution in [0.3, 0.4) is 0 Å². The third-order valence-electron chi connectivity index (χ3n) is 4.65. The SMILES string of the molecule is C[C@@H](c1ccc(Br)cc1)N1CCC(C)(c2ccc(F)cc2)OC1=O. The maximum absolute atomic E-state index is 13.1. The largest absolute Gasteiger partial charge is 0.438 e. The molecule has 0 bridgehead atoms. The van der Waals surface area contributed by atoms with Crippen molar-refractivity contribution in [3.05, 3.63) is 69.9 Å². The standard InChI is InChI=1S/C19H19BrFNO2/c1-13(14-3-7-16(20)8-4-14)22-12-11-19(2,24-18(22)23)15-5-9-17(21)10-6-15/h3-10,13H,11-12H2,1-2H3/t13-,19?/m0/s1. The van der Waals surface area contributed by atoms with Crippen LogP contribution in [0.15, 0.2) is 53.0 Å². The number of rotatable bonds is 3. The van der Waals surface area contributed by atoms with Crippen molar-refractivity contribution in [2.45, 2.75) is 31.9 Å². The Balaban J connectivity index is 1.76. The van der Waals surface area contributed by atoms with Crippen LogP contribution >= 0.6 is 15.9 Å². The molecule has 24 heavy (non-hydrogen) atoms. The molecule has 1 aliphatic rings. The Morgan fingerprint density at radius 3 is 2.38 bits per heavy atom. The first kappa shape index (κ1) is 17.0. The molecule has 1 amide bonds. The molecule has 0 saturated carbocycles. The van der Waals surface area contributed by atoms with Gasteiger partial charge in [-0.15, -0.1) is 0 Å².